The van der Waals surface area contributed by atoms with Crippen LogP contribution >= 0.6 is 11.9 Å². The smallest absolute Gasteiger partial charge is 0.412 e. The van der Waals surface area contributed by atoms with E-state index in [1.54, 1.807) is 21.5 Å². The second kappa shape index (κ2) is 39.8. The molecule has 0 unspecified atom stereocenters. The maximum absolute atomic E-state index is 4.47. The van der Waals surface area contributed by atoms with Crippen molar-refractivity contribution in [1.82, 2.24) is 0 Å². The predicted octanol–water partition coefficient (Wildman–Crippen LogP) is -1.86. The molecule has 4 nitrogen and oxygen atoms in total. The third kappa shape index (κ3) is 96.3. The molecule has 0 heterocycles. The summed E-state index contributed by atoms with van der Waals surface area (Å²) in [6.45, 7) is 0. The Balaban J connectivity index is -0.00000000667. The quantitative estimate of drug-likeness (QED) is 0.481. The third-order valence-corrected chi connectivity index (χ3v) is 0. The van der Waals surface area contributed by atoms with Crippen LogP contribution in [0.5, 0.6) is 0 Å². The monoisotopic (exact) mass is 302 g/mol. The fourth-order valence-electron chi connectivity index (χ4n) is 0. The molecule has 0 aromatic heterocycles. The van der Waals surface area contributed by atoms with Crippen LogP contribution in [0.2, 0.25) is 0 Å². The van der Waals surface area contributed by atoms with Crippen molar-refractivity contribution < 1.29 is 40.7 Å². The maximum atomic E-state index is 4.47. The molecule has 0 atom stereocenters. The Bertz CT molecular complexity index is 7.51. The topological polar surface area (TPSA) is 104 Å². The molecule has 0 saturated carbocycles. The van der Waals surface area contributed by atoms with Gasteiger partial charge in [-0.25, -0.2) is 0 Å². The van der Waals surface area contributed by atoms with Crippen LogP contribution in [0.1, 0.15) is 0 Å². The molecule has 0 amide bonds. The average molecular weight is 302 g/mol. The number of hydrogen-bond donors (Lipinski definition) is 0. The summed E-state index contributed by atoms with van der Waals surface area (Å²) in [5.74, 6) is 0. The molecular formula is H6AuClO4. The molecule has 0 saturated heterocycles. The van der Waals surface area contributed by atoms with Crippen molar-refractivity contribution in [2.75, 3.05) is 0 Å². The molecule has 0 aliphatic rings. The van der Waals surface area contributed by atoms with Crippen molar-refractivity contribution >= 4 is 11.9 Å². The zero-order valence-electron chi connectivity index (χ0n) is 2.59. The van der Waals surface area contributed by atoms with Crippen molar-refractivity contribution in [2.45, 2.75) is 0 Å². The predicted molar refractivity (Wildman–Crippen MR) is 17.8 cm³/mol. The van der Waals surface area contributed by atoms with Gasteiger partial charge in [-0.05, 0) is 0 Å². The van der Waals surface area contributed by atoms with Crippen LogP contribution in [0.25, 0.3) is 0 Å². The largest absolute Gasteiger partial charge is 0.412 e. The Kier molecular flexibility index (Phi) is 191. The van der Waals surface area contributed by atoms with Gasteiger partial charge in [0.2, 0.25) is 0 Å². The minimum absolute atomic E-state index is 0. The van der Waals surface area contributed by atoms with Crippen molar-refractivity contribution in [1.29, 1.82) is 0 Å². The average Bonchev–Trinajstić information content (AvgIpc) is 0.918. The molecule has 6 N–H and O–H groups in total. The third-order valence-electron chi connectivity index (χ3n) is 0. The minimum atomic E-state index is 0. The molecule has 0 radical (unpaired) electrons. The van der Waals surface area contributed by atoms with E-state index in [-0.39, 0.29) is 16.4 Å². The molecule has 0 aliphatic heterocycles. The molecular weight excluding hydrogens is 296 g/mol. The minimum Gasteiger partial charge on any atom is -0.412 e. The van der Waals surface area contributed by atoms with Gasteiger partial charge in [0.1, 0.15) is 0 Å². The van der Waals surface area contributed by atoms with Gasteiger partial charge in [-0.15, -0.1) is 0 Å². The molecule has 6 heteroatoms. The summed E-state index contributed by atoms with van der Waals surface area (Å²) in [6, 6.07) is 0. The summed E-state index contributed by atoms with van der Waals surface area (Å²) in [5.41, 5.74) is 0. The van der Waals surface area contributed by atoms with Crippen molar-refractivity contribution in [3.8, 4) is 0 Å². The second-order valence-electron chi connectivity index (χ2n) is 0.0465. The maximum Gasteiger partial charge on any atom is -0.412 e. The first-order valence-electron chi connectivity index (χ1n) is 0.277. The van der Waals surface area contributed by atoms with Crippen molar-refractivity contribution in [3.63, 3.8) is 0 Å². The van der Waals surface area contributed by atoms with Gasteiger partial charge in [0.25, 0.3) is 0 Å². The van der Waals surface area contributed by atoms with E-state index in [4.69, 9.17) is 0 Å². The summed E-state index contributed by atoms with van der Waals surface area (Å²) in [7, 11) is 0. The SMILES string of the molecule is Cl[O][Au].O.O.O. The molecule has 0 spiro atoms. The van der Waals surface area contributed by atoms with Crippen LogP contribution in [0.3, 0.4) is 0 Å². The van der Waals surface area contributed by atoms with Crippen LogP contribution in [-0.4, -0.2) is 16.4 Å². The molecule has 0 bridgehead atoms. The number of hydrogen-bond acceptors (Lipinski definition) is 1. The fourth-order valence-corrected chi connectivity index (χ4v) is 0. The zero-order valence-corrected chi connectivity index (χ0v) is 5.51. The molecule has 48 valence electrons. The van der Waals surface area contributed by atoms with Crippen LogP contribution < -0.4 is 0 Å². The molecule has 0 rings (SSSR count). The summed E-state index contributed by atoms with van der Waals surface area (Å²) < 4.78 is 3.67. The Morgan fingerprint density at radius 1 is 1.17 bits per heavy atom. The van der Waals surface area contributed by atoms with E-state index in [2.05, 4.69) is 14.7 Å². The van der Waals surface area contributed by atoms with Gasteiger partial charge in [-0.1, -0.05) is 0 Å². The first-order valence-corrected chi connectivity index (χ1v) is 1.47. The fraction of sp³-hybridized carbons (Fsp3) is 0. The summed E-state index contributed by atoms with van der Waals surface area (Å²) >= 11 is 6.17. The normalized spacial score (nSPS) is 3.17. The van der Waals surface area contributed by atoms with E-state index < -0.39 is 0 Å². The van der Waals surface area contributed by atoms with E-state index in [1.165, 1.54) is 0 Å². The Morgan fingerprint density at radius 3 is 1.17 bits per heavy atom. The second-order valence-corrected chi connectivity index (χ2v) is 1.14. The molecule has 6 heavy (non-hydrogen) atoms. The van der Waals surface area contributed by atoms with Gasteiger partial charge >= 0.3 is 36.1 Å². The van der Waals surface area contributed by atoms with Gasteiger partial charge in [0, 0.05) is 0 Å². The molecule has 0 fully saturated rings. The van der Waals surface area contributed by atoms with Gasteiger partial charge < -0.3 is 16.4 Å². The Labute approximate surface area is 52.9 Å². The molecule has 0 aromatic rings. The van der Waals surface area contributed by atoms with Gasteiger partial charge in [0.05, 0.1) is 0 Å². The van der Waals surface area contributed by atoms with Crippen LogP contribution in [-0.2, 0) is 24.3 Å². The van der Waals surface area contributed by atoms with Gasteiger partial charge in [-0.3, -0.25) is 0 Å². The van der Waals surface area contributed by atoms with Crippen LogP contribution in [0.4, 0.5) is 0 Å². The van der Waals surface area contributed by atoms with E-state index in [1.807, 2.05) is 0 Å². The summed E-state index contributed by atoms with van der Waals surface area (Å²) in [4.78, 5) is 0. The Morgan fingerprint density at radius 2 is 1.17 bits per heavy atom. The van der Waals surface area contributed by atoms with E-state index >= 15 is 0 Å². The standard InChI is InChI=1S/Au.ClO.3H2O/c;1-2;;;/h;;3*1H2/q+1;-1;;;. The first kappa shape index (κ1) is 28.7. The Hall–Kier alpha value is 0.870. The summed E-state index contributed by atoms with van der Waals surface area (Å²) in [5, 5.41) is 0. The van der Waals surface area contributed by atoms with E-state index in [9.17, 15) is 0 Å². The van der Waals surface area contributed by atoms with Gasteiger partial charge in [0.15, 0.2) is 0 Å². The summed E-state index contributed by atoms with van der Waals surface area (Å²) in [6.07, 6.45) is 0. The van der Waals surface area contributed by atoms with Crippen LogP contribution in [0.15, 0.2) is 0 Å². The number of halogens is 1. The number of rotatable bonds is 0. The molecule has 0 aliphatic carbocycles. The zero-order chi connectivity index (χ0) is 2.71. The van der Waals surface area contributed by atoms with Crippen molar-refractivity contribution in [2.24, 2.45) is 0 Å². The van der Waals surface area contributed by atoms with E-state index in [0.29, 0.717) is 0 Å². The first-order chi connectivity index (χ1) is 1.41. The van der Waals surface area contributed by atoms with Crippen LogP contribution in [0, 0.1) is 0 Å². The van der Waals surface area contributed by atoms with Crippen molar-refractivity contribution in [3.05, 3.63) is 0 Å². The molecule has 0 aromatic carbocycles. The van der Waals surface area contributed by atoms with E-state index in [0.717, 1.165) is 0 Å². The van der Waals surface area contributed by atoms with Gasteiger partial charge in [-0.2, -0.15) is 0 Å².